The zero-order chi connectivity index (χ0) is 13.0. The van der Waals surface area contributed by atoms with E-state index >= 15 is 0 Å². The van der Waals surface area contributed by atoms with Gasteiger partial charge in [-0.3, -0.25) is 4.79 Å². The zero-order valence-electron chi connectivity index (χ0n) is 9.34. The van der Waals surface area contributed by atoms with Gasteiger partial charge >= 0.3 is 0 Å². The predicted molar refractivity (Wildman–Crippen MR) is 68.4 cm³/mol. The molecule has 1 heterocycles. The largest absolute Gasteiger partial charge is 0.396 e. The predicted octanol–water partition coefficient (Wildman–Crippen LogP) is 2.09. The van der Waals surface area contributed by atoms with Gasteiger partial charge in [0.15, 0.2) is 0 Å². The van der Waals surface area contributed by atoms with Gasteiger partial charge in [-0.25, -0.2) is 8.78 Å². The molecule has 0 fully saturated rings. The summed E-state index contributed by atoms with van der Waals surface area (Å²) in [6.07, 6.45) is -0.670. The Labute approximate surface area is 106 Å². The number of rotatable bonds is 5. The number of carbonyl (C=O) groups excluding carboxylic acids is 1. The first-order valence-electron chi connectivity index (χ1n) is 4.71. The molecule has 1 rings (SSSR count). The molecule has 8 heteroatoms. The van der Waals surface area contributed by atoms with Gasteiger partial charge in [0, 0.05) is 7.05 Å². The first-order valence-corrected chi connectivity index (χ1v) is 6.75. The Morgan fingerprint density at radius 1 is 1.59 bits per heavy atom. The molecular weight excluding hydrogens is 268 g/mol. The van der Waals surface area contributed by atoms with Crippen LogP contribution in [-0.4, -0.2) is 32.2 Å². The summed E-state index contributed by atoms with van der Waals surface area (Å²) in [5.41, 5.74) is 6.13. The average Bonchev–Trinajstić information content (AvgIpc) is 2.62. The number of nitrogen functional groups attached to an aromatic ring is 1. The highest BCUT2D eigenvalue weighted by molar-refractivity contribution is 7.99. The van der Waals surface area contributed by atoms with Gasteiger partial charge in [0.2, 0.25) is 0 Å². The molecular formula is C9H13F2N3OS2. The van der Waals surface area contributed by atoms with Gasteiger partial charge in [-0.05, 0) is 6.26 Å². The van der Waals surface area contributed by atoms with Crippen LogP contribution in [0.1, 0.15) is 9.67 Å². The Bertz CT molecular complexity index is 409. The number of alkyl halides is 2. The fraction of sp³-hybridized carbons (Fsp3) is 0.444. The van der Waals surface area contributed by atoms with E-state index in [-0.39, 0.29) is 5.91 Å². The van der Waals surface area contributed by atoms with Crippen molar-refractivity contribution in [3.63, 3.8) is 0 Å². The van der Waals surface area contributed by atoms with Crippen molar-refractivity contribution in [2.45, 2.75) is 11.3 Å². The van der Waals surface area contributed by atoms with Crippen molar-refractivity contribution in [2.75, 3.05) is 30.9 Å². The lowest BCUT2D eigenvalue weighted by atomic mass is 10.3. The van der Waals surface area contributed by atoms with Crippen molar-refractivity contribution < 1.29 is 13.6 Å². The van der Waals surface area contributed by atoms with E-state index in [0.29, 0.717) is 20.5 Å². The molecule has 1 amide bonds. The topological polar surface area (TPSA) is 67.2 Å². The number of anilines is 2. The summed E-state index contributed by atoms with van der Waals surface area (Å²) in [5.74, 6) is -0.312. The maximum absolute atomic E-state index is 12.1. The van der Waals surface area contributed by atoms with Gasteiger partial charge in [-0.1, -0.05) is 0 Å². The lowest BCUT2D eigenvalue weighted by molar-refractivity contribution is 0.0967. The number of nitrogens with one attached hydrogen (secondary N) is 2. The zero-order valence-corrected chi connectivity index (χ0v) is 11.0. The van der Waals surface area contributed by atoms with Crippen LogP contribution < -0.4 is 16.4 Å². The summed E-state index contributed by atoms with van der Waals surface area (Å²) < 4.78 is 24.2. The molecule has 4 N–H and O–H groups in total. The third kappa shape index (κ3) is 3.22. The molecule has 0 aromatic carbocycles. The van der Waals surface area contributed by atoms with E-state index in [9.17, 15) is 13.6 Å². The lowest BCUT2D eigenvalue weighted by Crippen LogP contribution is -2.17. The number of thioether (sulfide) groups is 1. The highest BCUT2D eigenvalue weighted by atomic mass is 32.2. The molecule has 0 aliphatic rings. The molecule has 0 radical (unpaired) electrons. The molecule has 0 spiro atoms. The third-order valence-corrected chi connectivity index (χ3v) is 4.08. The summed E-state index contributed by atoms with van der Waals surface area (Å²) in [7, 11) is 1.49. The molecule has 1 aromatic rings. The molecule has 17 heavy (non-hydrogen) atoms. The van der Waals surface area contributed by atoms with Crippen LogP contribution in [0, 0.1) is 0 Å². The van der Waals surface area contributed by atoms with E-state index in [1.54, 1.807) is 6.26 Å². The number of amides is 1. The number of halogens is 2. The van der Waals surface area contributed by atoms with Crippen molar-refractivity contribution >= 4 is 39.7 Å². The number of carbonyl (C=O) groups is 1. The summed E-state index contributed by atoms with van der Waals surface area (Å²) in [5, 5.41) is 5.56. The minimum atomic E-state index is -2.45. The highest BCUT2D eigenvalue weighted by Gasteiger charge is 2.20. The fourth-order valence-corrected chi connectivity index (χ4v) is 3.19. The Hall–Kier alpha value is -1.02. The minimum Gasteiger partial charge on any atom is -0.396 e. The maximum Gasteiger partial charge on any atom is 0.263 e. The molecule has 4 nitrogen and oxygen atoms in total. The fourth-order valence-electron chi connectivity index (χ4n) is 1.20. The van der Waals surface area contributed by atoms with Crippen molar-refractivity contribution in [2.24, 2.45) is 0 Å². The van der Waals surface area contributed by atoms with Gasteiger partial charge in [-0.15, -0.1) is 23.1 Å². The van der Waals surface area contributed by atoms with Crippen LogP contribution in [0.4, 0.5) is 19.5 Å². The first kappa shape index (κ1) is 14.0. The lowest BCUT2D eigenvalue weighted by Gasteiger charge is -2.04. The molecule has 0 unspecified atom stereocenters. The second-order valence-electron chi connectivity index (χ2n) is 3.06. The third-order valence-electron chi connectivity index (χ3n) is 1.95. The van der Waals surface area contributed by atoms with E-state index in [2.05, 4.69) is 10.6 Å². The Kier molecular flexibility index (Phi) is 5.01. The van der Waals surface area contributed by atoms with Gasteiger partial charge in [0.05, 0.1) is 17.1 Å². The smallest absolute Gasteiger partial charge is 0.263 e. The van der Waals surface area contributed by atoms with Crippen LogP contribution in [0.25, 0.3) is 0 Å². The van der Waals surface area contributed by atoms with Crippen molar-refractivity contribution in [3.8, 4) is 0 Å². The van der Waals surface area contributed by atoms with E-state index in [0.717, 1.165) is 11.3 Å². The molecule has 1 aromatic heterocycles. The second kappa shape index (κ2) is 6.06. The van der Waals surface area contributed by atoms with Crippen LogP contribution in [0.2, 0.25) is 0 Å². The first-order chi connectivity index (χ1) is 8.01. The maximum atomic E-state index is 12.1. The molecule has 0 bridgehead atoms. The summed E-state index contributed by atoms with van der Waals surface area (Å²) in [6.45, 7) is -0.458. The average molecular weight is 281 g/mol. The van der Waals surface area contributed by atoms with Crippen molar-refractivity contribution in [1.29, 1.82) is 0 Å². The standard InChI is InChI=1S/C9H13F2N3OS2/c1-13-8(15)6-5(12)7(16-2)9(17-6)14-3-4(10)11/h4,14H,3,12H2,1-2H3,(H,13,15). The van der Waals surface area contributed by atoms with Crippen LogP contribution in [0.3, 0.4) is 0 Å². The van der Waals surface area contributed by atoms with Gasteiger partial charge in [0.25, 0.3) is 12.3 Å². The van der Waals surface area contributed by atoms with Crippen LogP contribution in [-0.2, 0) is 0 Å². The number of nitrogens with two attached hydrogens (primary N) is 1. The Balaban J connectivity index is 3.00. The molecule has 96 valence electrons. The SMILES string of the molecule is CNC(=O)c1sc(NCC(F)F)c(SC)c1N. The van der Waals surface area contributed by atoms with E-state index in [4.69, 9.17) is 5.73 Å². The van der Waals surface area contributed by atoms with E-state index < -0.39 is 13.0 Å². The monoisotopic (exact) mass is 281 g/mol. The number of hydrogen-bond donors (Lipinski definition) is 3. The molecule has 0 saturated heterocycles. The summed E-state index contributed by atoms with van der Waals surface area (Å²) >= 11 is 2.40. The minimum absolute atomic E-state index is 0.312. The molecule has 0 aliphatic heterocycles. The molecule has 0 atom stereocenters. The van der Waals surface area contributed by atoms with Crippen LogP contribution >= 0.6 is 23.1 Å². The van der Waals surface area contributed by atoms with E-state index in [1.165, 1.54) is 18.8 Å². The van der Waals surface area contributed by atoms with E-state index in [1.807, 2.05) is 0 Å². The molecule has 0 aliphatic carbocycles. The van der Waals surface area contributed by atoms with Crippen molar-refractivity contribution in [3.05, 3.63) is 4.88 Å². The van der Waals surface area contributed by atoms with Crippen LogP contribution in [0.5, 0.6) is 0 Å². The summed E-state index contributed by atoms with van der Waals surface area (Å²) in [6, 6.07) is 0. The van der Waals surface area contributed by atoms with Crippen LogP contribution in [0.15, 0.2) is 4.90 Å². The Morgan fingerprint density at radius 2 is 2.24 bits per heavy atom. The normalized spacial score (nSPS) is 10.6. The Morgan fingerprint density at radius 3 is 2.71 bits per heavy atom. The highest BCUT2D eigenvalue weighted by Crippen LogP contribution is 2.41. The number of thiophene rings is 1. The van der Waals surface area contributed by atoms with Gasteiger partial charge in [-0.2, -0.15) is 0 Å². The number of hydrogen-bond acceptors (Lipinski definition) is 5. The quantitative estimate of drug-likeness (QED) is 0.723. The van der Waals surface area contributed by atoms with Gasteiger partial charge in [0.1, 0.15) is 9.88 Å². The van der Waals surface area contributed by atoms with Crippen molar-refractivity contribution in [1.82, 2.24) is 5.32 Å². The van der Waals surface area contributed by atoms with Gasteiger partial charge < -0.3 is 16.4 Å². The second-order valence-corrected chi connectivity index (χ2v) is 4.90. The molecule has 0 saturated carbocycles. The summed E-state index contributed by atoms with van der Waals surface area (Å²) in [4.78, 5) is 12.5.